The Morgan fingerprint density at radius 1 is 1.30 bits per heavy atom. The zero-order valence-electron chi connectivity index (χ0n) is 13.1. The van der Waals surface area contributed by atoms with Crippen molar-refractivity contribution in [1.29, 1.82) is 0 Å². The van der Waals surface area contributed by atoms with Gasteiger partial charge in [-0.1, -0.05) is 24.7 Å². The van der Waals surface area contributed by atoms with Gasteiger partial charge in [0, 0.05) is 19.1 Å². The first-order chi connectivity index (χ1) is 9.52. The molecule has 0 spiro atoms. The monoisotopic (exact) mass is 297 g/mol. The maximum Gasteiger partial charge on any atom is 0.185 e. The number of aromatic nitrogens is 1. The predicted octanol–water partition coefficient (Wildman–Crippen LogP) is 2.51. The molecule has 1 aliphatic carbocycles. The molecule has 0 bridgehead atoms. The molecule has 0 atom stereocenters. The normalized spacial score (nSPS) is 17.3. The predicted molar refractivity (Wildman–Crippen MR) is 85.6 cm³/mol. The van der Waals surface area contributed by atoms with Crippen LogP contribution in [0.1, 0.15) is 43.2 Å². The Labute approximate surface area is 126 Å². The van der Waals surface area contributed by atoms with Crippen molar-refractivity contribution in [3.05, 3.63) is 10.6 Å². The van der Waals surface area contributed by atoms with E-state index < -0.39 is 0 Å². The number of hydrogen-bond acceptors (Lipinski definition) is 5. The molecule has 1 aromatic rings. The third kappa shape index (κ3) is 3.00. The highest BCUT2D eigenvalue weighted by Gasteiger charge is 2.40. The number of rotatable bonds is 7. The molecule has 1 N–H and O–H groups in total. The first kappa shape index (κ1) is 15.7. The second kappa shape index (κ2) is 6.41. The van der Waals surface area contributed by atoms with Crippen molar-refractivity contribution in [2.45, 2.75) is 51.2 Å². The summed E-state index contributed by atoms with van der Waals surface area (Å²) < 4.78 is 0. The summed E-state index contributed by atoms with van der Waals surface area (Å²) in [6, 6.07) is 0. The smallest absolute Gasteiger partial charge is 0.185 e. The lowest BCUT2D eigenvalue weighted by atomic mass is 9.75. The SMILES string of the molecule is CCCc1nc(N(C)CC2(N(C)C)CCC2)sc1CO. The Hall–Kier alpha value is -0.650. The molecule has 5 heteroatoms. The largest absolute Gasteiger partial charge is 0.391 e. The number of nitrogens with zero attached hydrogens (tertiary/aromatic N) is 3. The van der Waals surface area contributed by atoms with Gasteiger partial charge in [-0.25, -0.2) is 4.98 Å². The van der Waals surface area contributed by atoms with Gasteiger partial charge < -0.3 is 14.9 Å². The standard InChI is InChI=1S/C15H27N3OS/c1-5-7-12-13(10-19)20-14(16-12)18(4)11-15(17(2)3)8-6-9-15/h19H,5-11H2,1-4H3. The Bertz CT molecular complexity index is 440. The maximum atomic E-state index is 9.46. The van der Waals surface area contributed by atoms with Crippen LogP contribution in [0.4, 0.5) is 5.13 Å². The molecule has 20 heavy (non-hydrogen) atoms. The first-order valence-corrected chi connectivity index (χ1v) is 8.32. The molecule has 2 rings (SSSR count). The number of hydrogen-bond donors (Lipinski definition) is 1. The molecule has 0 saturated heterocycles. The number of aliphatic hydroxyl groups excluding tert-OH is 1. The van der Waals surface area contributed by atoms with E-state index in [4.69, 9.17) is 4.98 Å². The number of aryl methyl sites for hydroxylation is 1. The zero-order chi connectivity index (χ0) is 14.8. The third-order valence-electron chi connectivity index (χ3n) is 4.49. The highest BCUT2D eigenvalue weighted by atomic mass is 32.1. The molecule has 1 aromatic heterocycles. The summed E-state index contributed by atoms with van der Waals surface area (Å²) >= 11 is 1.64. The summed E-state index contributed by atoms with van der Waals surface area (Å²) in [6.07, 6.45) is 5.89. The maximum absolute atomic E-state index is 9.46. The second-order valence-electron chi connectivity index (χ2n) is 6.10. The average molecular weight is 297 g/mol. The minimum absolute atomic E-state index is 0.111. The quantitative estimate of drug-likeness (QED) is 0.839. The summed E-state index contributed by atoms with van der Waals surface area (Å²) in [6.45, 7) is 3.28. The molecule has 1 saturated carbocycles. The lowest BCUT2D eigenvalue weighted by molar-refractivity contribution is 0.0683. The van der Waals surface area contributed by atoms with Crippen molar-refractivity contribution < 1.29 is 5.11 Å². The molecule has 1 fully saturated rings. The molecule has 114 valence electrons. The molecule has 0 aromatic carbocycles. The Balaban J connectivity index is 2.10. The lowest BCUT2D eigenvalue weighted by Gasteiger charge is -2.49. The molecule has 0 unspecified atom stereocenters. The van der Waals surface area contributed by atoms with Crippen LogP contribution in [-0.4, -0.2) is 48.2 Å². The topological polar surface area (TPSA) is 39.6 Å². The summed E-state index contributed by atoms with van der Waals surface area (Å²) in [4.78, 5) is 10.4. The van der Waals surface area contributed by atoms with E-state index in [1.165, 1.54) is 19.3 Å². The van der Waals surface area contributed by atoms with Crippen LogP contribution in [0.5, 0.6) is 0 Å². The van der Waals surface area contributed by atoms with Crippen LogP contribution in [0, 0.1) is 0 Å². The molecular weight excluding hydrogens is 270 g/mol. The van der Waals surface area contributed by atoms with Gasteiger partial charge in [-0.05, 0) is 39.8 Å². The summed E-state index contributed by atoms with van der Waals surface area (Å²) in [5, 5.41) is 10.5. The van der Waals surface area contributed by atoms with E-state index >= 15 is 0 Å². The molecule has 1 heterocycles. The Morgan fingerprint density at radius 3 is 2.45 bits per heavy atom. The van der Waals surface area contributed by atoms with E-state index in [1.807, 2.05) is 0 Å². The Kier molecular flexibility index (Phi) is 5.04. The van der Waals surface area contributed by atoms with E-state index in [-0.39, 0.29) is 6.61 Å². The molecule has 1 aliphatic rings. The van der Waals surface area contributed by atoms with Crippen molar-refractivity contribution in [3.63, 3.8) is 0 Å². The fraction of sp³-hybridized carbons (Fsp3) is 0.800. The van der Waals surface area contributed by atoms with Gasteiger partial charge in [0.05, 0.1) is 17.2 Å². The lowest BCUT2D eigenvalue weighted by Crippen LogP contribution is -2.56. The van der Waals surface area contributed by atoms with E-state index in [0.717, 1.165) is 35.1 Å². The van der Waals surface area contributed by atoms with Crippen LogP contribution >= 0.6 is 11.3 Å². The van der Waals surface area contributed by atoms with Crippen LogP contribution in [0.3, 0.4) is 0 Å². The van der Waals surface area contributed by atoms with Gasteiger partial charge in [0.25, 0.3) is 0 Å². The van der Waals surface area contributed by atoms with Gasteiger partial charge in [-0.2, -0.15) is 0 Å². The van der Waals surface area contributed by atoms with E-state index in [9.17, 15) is 5.11 Å². The molecule has 4 nitrogen and oxygen atoms in total. The fourth-order valence-corrected chi connectivity index (χ4v) is 3.86. The van der Waals surface area contributed by atoms with E-state index in [2.05, 4.69) is 37.9 Å². The highest BCUT2D eigenvalue weighted by Crippen LogP contribution is 2.38. The zero-order valence-corrected chi connectivity index (χ0v) is 14.0. The van der Waals surface area contributed by atoms with Crippen molar-refractivity contribution in [3.8, 4) is 0 Å². The minimum atomic E-state index is 0.111. The van der Waals surface area contributed by atoms with Crippen LogP contribution < -0.4 is 4.90 Å². The Morgan fingerprint density at radius 2 is 2.00 bits per heavy atom. The number of likely N-dealkylation sites (N-methyl/N-ethyl adjacent to an activating group) is 2. The molecular formula is C15H27N3OS. The van der Waals surface area contributed by atoms with Gasteiger partial charge in [0.2, 0.25) is 0 Å². The minimum Gasteiger partial charge on any atom is -0.391 e. The second-order valence-corrected chi connectivity index (χ2v) is 7.16. The van der Waals surface area contributed by atoms with E-state index in [1.54, 1.807) is 11.3 Å². The average Bonchev–Trinajstić information content (AvgIpc) is 2.77. The van der Waals surface area contributed by atoms with E-state index in [0.29, 0.717) is 5.54 Å². The van der Waals surface area contributed by atoms with Crippen molar-refractivity contribution >= 4 is 16.5 Å². The summed E-state index contributed by atoms with van der Waals surface area (Å²) in [5.74, 6) is 0. The molecule has 0 radical (unpaired) electrons. The molecule has 0 aliphatic heterocycles. The summed E-state index contributed by atoms with van der Waals surface area (Å²) in [5.41, 5.74) is 1.39. The van der Waals surface area contributed by atoms with Crippen LogP contribution in [0.15, 0.2) is 0 Å². The van der Waals surface area contributed by atoms with Gasteiger partial charge in [0.15, 0.2) is 5.13 Å². The van der Waals surface area contributed by atoms with Gasteiger partial charge in [-0.15, -0.1) is 0 Å². The number of thiazole rings is 1. The first-order valence-electron chi connectivity index (χ1n) is 7.50. The van der Waals surface area contributed by atoms with Crippen molar-refractivity contribution in [1.82, 2.24) is 9.88 Å². The third-order valence-corrected chi connectivity index (χ3v) is 5.69. The fourth-order valence-electron chi connectivity index (χ4n) is 2.93. The highest BCUT2D eigenvalue weighted by molar-refractivity contribution is 7.15. The van der Waals surface area contributed by atoms with Gasteiger partial charge in [0.1, 0.15) is 0 Å². The van der Waals surface area contributed by atoms with Crippen LogP contribution in [-0.2, 0) is 13.0 Å². The van der Waals surface area contributed by atoms with Gasteiger partial charge in [-0.3, -0.25) is 0 Å². The van der Waals surface area contributed by atoms with Crippen LogP contribution in [0.2, 0.25) is 0 Å². The number of anilines is 1. The van der Waals surface area contributed by atoms with Crippen LogP contribution in [0.25, 0.3) is 0 Å². The van der Waals surface area contributed by atoms with Gasteiger partial charge >= 0.3 is 0 Å². The van der Waals surface area contributed by atoms with Crippen molar-refractivity contribution in [2.24, 2.45) is 0 Å². The molecule has 0 amide bonds. The van der Waals surface area contributed by atoms with Crippen molar-refractivity contribution in [2.75, 3.05) is 32.6 Å². The number of aliphatic hydroxyl groups is 1. The summed E-state index contributed by atoms with van der Waals surface area (Å²) in [7, 11) is 6.48.